The Kier molecular flexibility index (Phi) is 4.51. The van der Waals surface area contributed by atoms with E-state index in [2.05, 4.69) is 45.0 Å². The standard InChI is InChI=1S/C22H21N5O3/c1-28-19-5-6-20(26-22(19)29-2)25-17-12-15(13-27-9-7-24-21(17)27)14-3-4-18-16(11-14)23-8-10-30-18/h3-7,9,11-13,23H,8,10H2,1-2H3,(H,25,26). The molecule has 8 nitrogen and oxygen atoms in total. The Morgan fingerprint density at radius 1 is 1.10 bits per heavy atom. The van der Waals surface area contributed by atoms with Crippen molar-refractivity contribution >= 4 is 22.8 Å². The summed E-state index contributed by atoms with van der Waals surface area (Å²) in [5.41, 5.74) is 4.75. The van der Waals surface area contributed by atoms with E-state index in [-0.39, 0.29) is 0 Å². The summed E-state index contributed by atoms with van der Waals surface area (Å²) < 4.78 is 18.3. The average Bonchev–Trinajstić information content (AvgIpc) is 3.27. The van der Waals surface area contributed by atoms with Gasteiger partial charge < -0.3 is 29.2 Å². The highest BCUT2D eigenvalue weighted by molar-refractivity contribution is 5.81. The monoisotopic (exact) mass is 403 g/mol. The molecule has 1 aromatic carbocycles. The Labute approximate surface area is 173 Å². The topological polar surface area (TPSA) is 81.9 Å². The number of nitrogens with zero attached hydrogens (tertiary/aromatic N) is 3. The zero-order valence-corrected chi connectivity index (χ0v) is 16.7. The molecule has 152 valence electrons. The van der Waals surface area contributed by atoms with E-state index in [1.807, 2.05) is 28.8 Å². The molecule has 0 saturated carbocycles. The maximum absolute atomic E-state index is 5.70. The lowest BCUT2D eigenvalue weighted by Crippen LogP contribution is -2.17. The molecule has 0 spiro atoms. The van der Waals surface area contributed by atoms with Gasteiger partial charge in [-0.15, -0.1) is 0 Å². The van der Waals surface area contributed by atoms with E-state index in [4.69, 9.17) is 14.2 Å². The van der Waals surface area contributed by atoms with E-state index < -0.39 is 0 Å². The predicted octanol–water partition coefficient (Wildman–Crippen LogP) is 3.96. The molecule has 0 unspecified atom stereocenters. The Bertz CT molecular complexity index is 1220. The van der Waals surface area contributed by atoms with Crippen LogP contribution in [0.5, 0.6) is 17.4 Å². The molecule has 4 aromatic rings. The van der Waals surface area contributed by atoms with Crippen molar-refractivity contribution in [3.8, 4) is 28.5 Å². The van der Waals surface area contributed by atoms with E-state index in [0.717, 1.165) is 40.4 Å². The van der Waals surface area contributed by atoms with Gasteiger partial charge >= 0.3 is 0 Å². The molecule has 0 radical (unpaired) electrons. The van der Waals surface area contributed by atoms with Crippen LogP contribution in [-0.4, -0.2) is 41.7 Å². The van der Waals surface area contributed by atoms with Crippen LogP contribution in [0.15, 0.2) is 55.0 Å². The van der Waals surface area contributed by atoms with Gasteiger partial charge in [-0.2, -0.15) is 4.98 Å². The van der Waals surface area contributed by atoms with E-state index in [1.165, 1.54) is 0 Å². The number of fused-ring (bicyclic) bond motifs is 2. The minimum Gasteiger partial charge on any atom is -0.491 e. The highest BCUT2D eigenvalue weighted by atomic mass is 16.5. The second-order valence-corrected chi connectivity index (χ2v) is 6.82. The number of rotatable bonds is 5. The molecule has 1 aliphatic rings. The molecule has 0 saturated heterocycles. The summed E-state index contributed by atoms with van der Waals surface area (Å²) in [6, 6.07) is 11.9. The third-order valence-electron chi connectivity index (χ3n) is 4.98. The van der Waals surface area contributed by atoms with Crippen LogP contribution in [0.1, 0.15) is 0 Å². The maximum atomic E-state index is 5.70. The first-order chi connectivity index (χ1) is 14.7. The van der Waals surface area contributed by atoms with Crippen molar-refractivity contribution < 1.29 is 14.2 Å². The summed E-state index contributed by atoms with van der Waals surface area (Å²) in [7, 11) is 3.15. The summed E-state index contributed by atoms with van der Waals surface area (Å²) in [4.78, 5) is 8.97. The molecule has 2 N–H and O–H groups in total. The number of aromatic nitrogens is 3. The fourth-order valence-corrected chi connectivity index (χ4v) is 3.54. The zero-order valence-electron chi connectivity index (χ0n) is 16.7. The van der Waals surface area contributed by atoms with Crippen LogP contribution in [0.4, 0.5) is 17.2 Å². The second-order valence-electron chi connectivity index (χ2n) is 6.82. The Morgan fingerprint density at radius 3 is 2.90 bits per heavy atom. The predicted molar refractivity (Wildman–Crippen MR) is 115 cm³/mol. The summed E-state index contributed by atoms with van der Waals surface area (Å²) in [5, 5.41) is 6.75. The highest BCUT2D eigenvalue weighted by Gasteiger charge is 2.14. The van der Waals surface area contributed by atoms with E-state index in [0.29, 0.717) is 24.1 Å². The first kappa shape index (κ1) is 18.1. The van der Waals surface area contributed by atoms with Gasteiger partial charge in [0.1, 0.15) is 18.2 Å². The lowest BCUT2D eigenvalue weighted by Gasteiger charge is -2.20. The number of methoxy groups -OCH3 is 2. The quantitative estimate of drug-likeness (QED) is 0.522. The van der Waals surface area contributed by atoms with Crippen molar-refractivity contribution in [1.29, 1.82) is 0 Å². The third kappa shape index (κ3) is 3.22. The Hall–Kier alpha value is -3.94. The normalized spacial score (nSPS) is 12.6. The van der Waals surface area contributed by atoms with Gasteiger partial charge in [-0.1, -0.05) is 6.07 Å². The van der Waals surface area contributed by atoms with Crippen molar-refractivity contribution in [2.24, 2.45) is 0 Å². The second kappa shape index (κ2) is 7.47. The van der Waals surface area contributed by atoms with Gasteiger partial charge in [-0.25, -0.2) is 4.98 Å². The lowest BCUT2D eigenvalue weighted by atomic mass is 10.1. The zero-order chi connectivity index (χ0) is 20.5. The van der Waals surface area contributed by atoms with Crippen LogP contribution < -0.4 is 24.8 Å². The fraction of sp³-hybridized carbons (Fsp3) is 0.182. The molecule has 1 aliphatic heterocycles. The Balaban J connectivity index is 1.55. The van der Waals surface area contributed by atoms with Crippen molar-refractivity contribution in [2.45, 2.75) is 0 Å². The summed E-state index contributed by atoms with van der Waals surface area (Å²) in [5.74, 6) is 2.50. The van der Waals surface area contributed by atoms with E-state index in [1.54, 1.807) is 20.4 Å². The van der Waals surface area contributed by atoms with Crippen LogP contribution in [0.25, 0.3) is 16.8 Å². The number of ether oxygens (including phenoxy) is 3. The molecule has 0 amide bonds. The lowest BCUT2D eigenvalue weighted by molar-refractivity contribution is 0.323. The SMILES string of the molecule is COc1ccc(Nc2cc(-c3ccc4c(c3)NCCO4)cn3ccnc23)nc1OC. The van der Waals surface area contributed by atoms with Gasteiger partial charge in [-0.05, 0) is 35.9 Å². The molecule has 3 aromatic heterocycles. The number of anilines is 3. The number of nitrogens with one attached hydrogen (secondary N) is 2. The Morgan fingerprint density at radius 2 is 2.03 bits per heavy atom. The van der Waals surface area contributed by atoms with Gasteiger partial charge in [-0.3, -0.25) is 0 Å². The molecule has 0 aliphatic carbocycles. The summed E-state index contributed by atoms with van der Waals surface area (Å²) in [6.45, 7) is 1.48. The van der Waals surface area contributed by atoms with Crippen LogP contribution >= 0.6 is 0 Å². The highest BCUT2D eigenvalue weighted by Crippen LogP contribution is 2.35. The largest absolute Gasteiger partial charge is 0.491 e. The summed E-state index contributed by atoms with van der Waals surface area (Å²) >= 11 is 0. The van der Waals surface area contributed by atoms with Crippen LogP contribution in [0.2, 0.25) is 0 Å². The molecule has 4 heterocycles. The number of hydrogen-bond donors (Lipinski definition) is 2. The molecular weight excluding hydrogens is 382 g/mol. The number of pyridine rings is 2. The molecule has 0 fully saturated rings. The van der Waals surface area contributed by atoms with Gasteiger partial charge in [0.15, 0.2) is 11.4 Å². The molecular formula is C22H21N5O3. The van der Waals surface area contributed by atoms with E-state index >= 15 is 0 Å². The average molecular weight is 403 g/mol. The van der Waals surface area contributed by atoms with Gasteiger partial charge in [0, 0.05) is 30.7 Å². The number of imidazole rings is 1. The molecule has 0 atom stereocenters. The van der Waals surface area contributed by atoms with Crippen LogP contribution in [0, 0.1) is 0 Å². The smallest absolute Gasteiger partial charge is 0.258 e. The summed E-state index contributed by atoms with van der Waals surface area (Å²) in [6.07, 6.45) is 5.75. The maximum Gasteiger partial charge on any atom is 0.258 e. The minimum absolute atomic E-state index is 0.416. The van der Waals surface area contributed by atoms with Crippen LogP contribution in [0.3, 0.4) is 0 Å². The molecule has 5 rings (SSSR count). The van der Waals surface area contributed by atoms with Gasteiger partial charge in [0.25, 0.3) is 5.88 Å². The van der Waals surface area contributed by atoms with E-state index in [9.17, 15) is 0 Å². The van der Waals surface area contributed by atoms with Crippen molar-refractivity contribution in [3.63, 3.8) is 0 Å². The molecule has 0 bridgehead atoms. The van der Waals surface area contributed by atoms with Crippen LogP contribution in [-0.2, 0) is 0 Å². The minimum atomic E-state index is 0.416. The molecule has 30 heavy (non-hydrogen) atoms. The molecule has 8 heteroatoms. The first-order valence-electron chi connectivity index (χ1n) is 9.59. The first-order valence-corrected chi connectivity index (χ1v) is 9.59. The van der Waals surface area contributed by atoms with Crippen molar-refractivity contribution in [2.75, 3.05) is 38.0 Å². The third-order valence-corrected chi connectivity index (χ3v) is 4.98. The van der Waals surface area contributed by atoms with Crippen molar-refractivity contribution in [1.82, 2.24) is 14.4 Å². The fourth-order valence-electron chi connectivity index (χ4n) is 3.54. The van der Waals surface area contributed by atoms with Gasteiger partial charge in [0.05, 0.1) is 25.6 Å². The van der Waals surface area contributed by atoms with Crippen molar-refractivity contribution in [3.05, 3.63) is 55.0 Å². The number of hydrogen-bond acceptors (Lipinski definition) is 7. The number of benzene rings is 1. The van der Waals surface area contributed by atoms with Gasteiger partial charge in [0.2, 0.25) is 0 Å².